The number of nitrogens with zero attached hydrogens (tertiary/aromatic N) is 2. The Morgan fingerprint density at radius 3 is 2.41 bits per heavy atom. The number of piperazine rings is 1. The van der Waals surface area contributed by atoms with E-state index >= 15 is 0 Å². The van der Waals surface area contributed by atoms with Gasteiger partial charge in [0.1, 0.15) is 19.0 Å². The first-order valence-electron chi connectivity index (χ1n) is 10.1. The highest BCUT2D eigenvalue weighted by Crippen LogP contribution is 2.48. The molecule has 0 unspecified atom stereocenters. The Bertz CT molecular complexity index is 923. The molecule has 0 spiro atoms. The lowest BCUT2D eigenvalue weighted by atomic mass is 10.0. The van der Waals surface area contributed by atoms with Crippen molar-refractivity contribution in [2.45, 2.75) is 18.4 Å². The number of carbonyl (C=O) groups excluding carboxylic acids is 1. The number of halogens is 1. The van der Waals surface area contributed by atoms with Gasteiger partial charge in [0.05, 0.1) is 11.2 Å². The summed E-state index contributed by atoms with van der Waals surface area (Å²) in [5.74, 6) is 1.28. The number of para-hydroxylation sites is 1. The predicted molar refractivity (Wildman–Crippen MR) is 107 cm³/mol. The molecule has 2 amide bonds. The molecule has 7 heteroatoms. The Labute approximate surface area is 169 Å². The summed E-state index contributed by atoms with van der Waals surface area (Å²) in [6.07, 6.45) is 1.82. The standard InChI is InChI=1S/C22H24FN3O3/c23-17-3-1-2-4-18(17)25-9-11-26(12-10-25)21(27)24-22(7-8-22)16-5-6-19-20(15-16)29-14-13-28-19/h1-6,15H,7-14H2,(H,24,27). The zero-order valence-electron chi connectivity index (χ0n) is 16.2. The van der Waals surface area contributed by atoms with Gasteiger partial charge in [-0.25, -0.2) is 9.18 Å². The fourth-order valence-corrected chi connectivity index (χ4v) is 4.09. The van der Waals surface area contributed by atoms with E-state index in [0.717, 1.165) is 29.9 Å². The summed E-state index contributed by atoms with van der Waals surface area (Å²) in [7, 11) is 0. The molecule has 2 aromatic carbocycles. The van der Waals surface area contributed by atoms with Gasteiger partial charge in [-0.05, 0) is 42.7 Å². The van der Waals surface area contributed by atoms with Gasteiger partial charge >= 0.3 is 6.03 Å². The maximum atomic E-state index is 14.0. The number of fused-ring (bicyclic) bond motifs is 1. The summed E-state index contributed by atoms with van der Waals surface area (Å²) in [6, 6.07) is 12.6. The van der Waals surface area contributed by atoms with E-state index in [4.69, 9.17) is 9.47 Å². The zero-order valence-corrected chi connectivity index (χ0v) is 16.2. The molecule has 1 saturated heterocycles. The lowest BCUT2D eigenvalue weighted by Gasteiger charge is -2.37. The highest BCUT2D eigenvalue weighted by atomic mass is 19.1. The summed E-state index contributed by atoms with van der Waals surface area (Å²) < 4.78 is 25.3. The lowest BCUT2D eigenvalue weighted by Crippen LogP contribution is -2.53. The molecule has 1 aliphatic carbocycles. The third-order valence-electron chi connectivity index (χ3n) is 5.95. The van der Waals surface area contributed by atoms with Crippen molar-refractivity contribution in [3.63, 3.8) is 0 Å². The highest BCUT2D eigenvalue weighted by Gasteiger charge is 2.47. The van der Waals surface area contributed by atoms with E-state index in [-0.39, 0.29) is 17.4 Å². The number of rotatable bonds is 3. The summed E-state index contributed by atoms with van der Waals surface area (Å²) in [4.78, 5) is 16.7. The molecule has 6 nitrogen and oxygen atoms in total. The van der Waals surface area contributed by atoms with E-state index in [1.54, 1.807) is 12.1 Å². The van der Waals surface area contributed by atoms with Crippen molar-refractivity contribution in [3.8, 4) is 11.5 Å². The molecule has 2 heterocycles. The van der Waals surface area contributed by atoms with E-state index < -0.39 is 0 Å². The number of nitrogens with one attached hydrogen (secondary N) is 1. The van der Waals surface area contributed by atoms with Crippen LogP contribution in [0.3, 0.4) is 0 Å². The third kappa shape index (κ3) is 3.45. The molecule has 5 rings (SSSR count). The Morgan fingerprint density at radius 2 is 1.69 bits per heavy atom. The van der Waals surface area contributed by atoms with Crippen molar-refractivity contribution in [1.29, 1.82) is 0 Å². The van der Waals surface area contributed by atoms with E-state index in [1.165, 1.54) is 6.07 Å². The fraction of sp³-hybridized carbons (Fsp3) is 0.409. The molecule has 0 radical (unpaired) electrons. The zero-order chi connectivity index (χ0) is 19.8. The van der Waals surface area contributed by atoms with Gasteiger partial charge < -0.3 is 24.6 Å². The second kappa shape index (κ2) is 7.13. The van der Waals surface area contributed by atoms with Gasteiger partial charge in [0.25, 0.3) is 0 Å². The van der Waals surface area contributed by atoms with Gasteiger partial charge in [0.2, 0.25) is 0 Å². The van der Waals surface area contributed by atoms with Crippen LogP contribution in [0.25, 0.3) is 0 Å². The highest BCUT2D eigenvalue weighted by molar-refractivity contribution is 5.76. The maximum Gasteiger partial charge on any atom is 0.318 e. The van der Waals surface area contributed by atoms with Crippen molar-refractivity contribution < 1.29 is 18.7 Å². The lowest BCUT2D eigenvalue weighted by molar-refractivity contribution is 0.171. The van der Waals surface area contributed by atoms with Gasteiger partial charge in [-0.3, -0.25) is 0 Å². The number of anilines is 1. The van der Waals surface area contributed by atoms with Gasteiger partial charge in [0, 0.05) is 26.2 Å². The van der Waals surface area contributed by atoms with Crippen LogP contribution in [0, 0.1) is 5.82 Å². The van der Waals surface area contributed by atoms with Crippen LogP contribution >= 0.6 is 0 Å². The molecule has 2 aliphatic heterocycles. The van der Waals surface area contributed by atoms with Gasteiger partial charge in [-0.15, -0.1) is 0 Å². The fourth-order valence-electron chi connectivity index (χ4n) is 4.09. The summed E-state index contributed by atoms with van der Waals surface area (Å²) in [5, 5.41) is 3.22. The number of benzene rings is 2. The Hall–Kier alpha value is -2.96. The minimum Gasteiger partial charge on any atom is -0.486 e. The largest absolute Gasteiger partial charge is 0.486 e. The molecule has 152 valence electrons. The van der Waals surface area contributed by atoms with Crippen LogP contribution in [0.1, 0.15) is 18.4 Å². The van der Waals surface area contributed by atoms with Crippen LogP contribution in [-0.2, 0) is 5.54 Å². The van der Waals surface area contributed by atoms with Gasteiger partial charge in [-0.1, -0.05) is 18.2 Å². The van der Waals surface area contributed by atoms with Crippen LogP contribution in [0.15, 0.2) is 42.5 Å². The van der Waals surface area contributed by atoms with E-state index in [1.807, 2.05) is 34.1 Å². The number of carbonyl (C=O) groups is 1. The van der Waals surface area contributed by atoms with E-state index in [9.17, 15) is 9.18 Å². The smallest absolute Gasteiger partial charge is 0.318 e. The molecule has 1 saturated carbocycles. The van der Waals surface area contributed by atoms with Crippen LogP contribution in [0.4, 0.5) is 14.9 Å². The summed E-state index contributed by atoms with van der Waals surface area (Å²) >= 11 is 0. The molecule has 29 heavy (non-hydrogen) atoms. The predicted octanol–water partition coefficient (Wildman–Crippen LogP) is 3.12. The molecule has 0 aromatic heterocycles. The van der Waals surface area contributed by atoms with Crippen molar-refractivity contribution >= 4 is 11.7 Å². The number of hydrogen-bond acceptors (Lipinski definition) is 4. The first kappa shape index (κ1) is 18.1. The molecule has 0 atom stereocenters. The molecule has 2 fully saturated rings. The van der Waals surface area contributed by atoms with Crippen LogP contribution in [0.2, 0.25) is 0 Å². The molecule has 3 aliphatic rings. The molecule has 2 aromatic rings. The second-order valence-electron chi connectivity index (χ2n) is 7.80. The average molecular weight is 397 g/mol. The first-order chi connectivity index (χ1) is 14.1. The number of amides is 2. The minimum absolute atomic E-state index is 0.0643. The number of hydrogen-bond donors (Lipinski definition) is 1. The quantitative estimate of drug-likeness (QED) is 0.865. The normalized spacial score (nSPS) is 19.6. The van der Waals surface area contributed by atoms with Gasteiger partial charge in [0.15, 0.2) is 11.5 Å². The van der Waals surface area contributed by atoms with Gasteiger partial charge in [-0.2, -0.15) is 0 Å². The number of ether oxygens (including phenoxy) is 2. The Morgan fingerprint density at radius 1 is 0.966 bits per heavy atom. The molecule has 0 bridgehead atoms. The molecular formula is C22H24FN3O3. The average Bonchev–Trinajstić information content (AvgIpc) is 3.54. The van der Waals surface area contributed by atoms with Crippen molar-refractivity contribution in [1.82, 2.24) is 10.2 Å². The monoisotopic (exact) mass is 397 g/mol. The van der Waals surface area contributed by atoms with Crippen LogP contribution in [0.5, 0.6) is 11.5 Å². The topological polar surface area (TPSA) is 54.0 Å². The minimum atomic E-state index is -0.324. The maximum absolute atomic E-state index is 14.0. The second-order valence-corrected chi connectivity index (χ2v) is 7.80. The Balaban J connectivity index is 1.23. The Kier molecular flexibility index (Phi) is 4.45. The van der Waals surface area contributed by atoms with E-state index in [0.29, 0.717) is 45.1 Å². The van der Waals surface area contributed by atoms with Crippen LogP contribution in [-0.4, -0.2) is 50.3 Å². The SMILES string of the molecule is O=C(NC1(c2ccc3c(c2)OCCO3)CC1)N1CCN(c2ccccc2F)CC1. The molecular weight excluding hydrogens is 373 g/mol. The van der Waals surface area contributed by atoms with Crippen molar-refractivity contribution in [2.75, 3.05) is 44.3 Å². The van der Waals surface area contributed by atoms with E-state index in [2.05, 4.69) is 5.32 Å². The molecule has 1 N–H and O–H groups in total. The summed E-state index contributed by atoms with van der Waals surface area (Å²) in [6.45, 7) is 3.47. The first-order valence-corrected chi connectivity index (χ1v) is 10.1. The summed E-state index contributed by atoms with van der Waals surface area (Å²) in [5.41, 5.74) is 1.33. The van der Waals surface area contributed by atoms with Crippen molar-refractivity contribution in [2.24, 2.45) is 0 Å². The van der Waals surface area contributed by atoms with Crippen LogP contribution < -0.4 is 19.7 Å². The number of urea groups is 1. The van der Waals surface area contributed by atoms with Crippen molar-refractivity contribution in [3.05, 3.63) is 53.8 Å². The third-order valence-corrected chi connectivity index (χ3v) is 5.95.